The van der Waals surface area contributed by atoms with Gasteiger partial charge in [-0.3, -0.25) is 4.79 Å². The minimum absolute atomic E-state index is 0.126. The van der Waals surface area contributed by atoms with E-state index in [1.54, 1.807) is 6.07 Å². The summed E-state index contributed by atoms with van der Waals surface area (Å²) in [7, 11) is 0. The Bertz CT molecular complexity index is 1470. The van der Waals surface area contributed by atoms with Crippen LogP contribution in [0, 0.1) is 12.3 Å². The van der Waals surface area contributed by atoms with Gasteiger partial charge in [0.1, 0.15) is 23.9 Å². The van der Waals surface area contributed by atoms with E-state index in [0.29, 0.717) is 48.4 Å². The van der Waals surface area contributed by atoms with Gasteiger partial charge in [-0.15, -0.1) is 0 Å². The third-order valence-electron chi connectivity index (χ3n) is 10.0. The molecule has 0 radical (unpaired) electrons. The van der Waals surface area contributed by atoms with Gasteiger partial charge in [-0.2, -0.15) is 4.98 Å². The Balaban J connectivity index is 0.955. The van der Waals surface area contributed by atoms with Gasteiger partial charge in [0.25, 0.3) is 5.91 Å². The number of aryl methyl sites for hydroxylation is 1. The first-order valence-corrected chi connectivity index (χ1v) is 16.2. The van der Waals surface area contributed by atoms with Crippen molar-refractivity contribution >= 4 is 17.7 Å². The summed E-state index contributed by atoms with van der Waals surface area (Å²) in [6.07, 6.45) is 11.1. The second kappa shape index (κ2) is 12.4. The SMILES string of the molecule is Cc1ncoc1COc1ccc2c(c1)CN[C@H]([C@H](O)CNC(=O)c1cc(NC3CC4(CCC4)C3)nc(N3CCCCC3)n1)C2. The highest BCUT2D eigenvalue weighted by Crippen LogP contribution is 2.56. The lowest BCUT2D eigenvalue weighted by molar-refractivity contribution is 0.0191. The van der Waals surface area contributed by atoms with E-state index >= 15 is 0 Å². The number of carbonyl (C=O) groups excluding carboxylic acids is 1. The van der Waals surface area contributed by atoms with Crippen molar-refractivity contribution in [1.82, 2.24) is 25.6 Å². The number of carbonyl (C=O) groups is 1. The summed E-state index contributed by atoms with van der Waals surface area (Å²) in [4.78, 5) is 29.1. The van der Waals surface area contributed by atoms with E-state index in [1.807, 2.05) is 25.1 Å². The van der Waals surface area contributed by atoms with Crippen LogP contribution in [0.1, 0.15) is 84.4 Å². The highest BCUT2D eigenvalue weighted by Gasteiger charge is 2.48. The van der Waals surface area contributed by atoms with Gasteiger partial charge in [0.05, 0.1) is 11.8 Å². The molecule has 2 saturated carbocycles. The van der Waals surface area contributed by atoms with Gasteiger partial charge in [0, 0.05) is 44.3 Å². The van der Waals surface area contributed by atoms with Gasteiger partial charge in [-0.05, 0) is 87.0 Å². The maximum atomic E-state index is 13.3. The van der Waals surface area contributed by atoms with E-state index in [2.05, 4.69) is 30.8 Å². The predicted molar refractivity (Wildman–Crippen MR) is 166 cm³/mol. The molecule has 1 spiro atoms. The van der Waals surface area contributed by atoms with Crippen LogP contribution in [0.5, 0.6) is 5.75 Å². The Morgan fingerprint density at radius 3 is 2.75 bits per heavy atom. The highest BCUT2D eigenvalue weighted by molar-refractivity contribution is 5.93. The Morgan fingerprint density at radius 2 is 2.00 bits per heavy atom. The minimum Gasteiger partial charge on any atom is -0.486 e. The summed E-state index contributed by atoms with van der Waals surface area (Å²) in [5.74, 6) is 2.51. The number of fused-ring (bicyclic) bond motifs is 1. The molecule has 11 heteroatoms. The van der Waals surface area contributed by atoms with Crippen LogP contribution in [0.2, 0.25) is 0 Å². The molecule has 2 aliphatic heterocycles. The third-order valence-corrected chi connectivity index (χ3v) is 10.0. The highest BCUT2D eigenvalue weighted by atomic mass is 16.5. The number of nitrogens with one attached hydrogen (secondary N) is 3. The van der Waals surface area contributed by atoms with Crippen LogP contribution < -0.4 is 25.6 Å². The summed E-state index contributed by atoms with van der Waals surface area (Å²) < 4.78 is 11.3. The van der Waals surface area contributed by atoms with Crippen LogP contribution in [0.3, 0.4) is 0 Å². The molecule has 7 rings (SSSR count). The van der Waals surface area contributed by atoms with Gasteiger partial charge in [-0.25, -0.2) is 9.97 Å². The van der Waals surface area contributed by atoms with E-state index in [-0.39, 0.29) is 18.5 Å². The zero-order valence-corrected chi connectivity index (χ0v) is 25.5. The summed E-state index contributed by atoms with van der Waals surface area (Å²) in [5.41, 5.74) is 3.99. The first-order chi connectivity index (χ1) is 21.4. The number of hydrogen-bond donors (Lipinski definition) is 4. The molecule has 1 aromatic carbocycles. The second-order valence-corrected chi connectivity index (χ2v) is 13.1. The molecule has 0 unspecified atom stereocenters. The fourth-order valence-electron chi connectivity index (χ4n) is 7.16. The molecule has 11 nitrogen and oxygen atoms in total. The number of nitrogens with zero attached hydrogens (tertiary/aromatic N) is 4. The third kappa shape index (κ3) is 6.25. The second-order valence-electron chi connectivity index (χ2n) is 13.1. The Labute approximate surface area is 258 Å². The molecule has 4 aliphatic rings. The molecule has 2 aliphatic carbocycles. The fourth-order valence-corrected chi connectivity index (χ4v) is 7.16. The number of rotatable bonds is 10. The molecule has 1 amide bonds. The number of aliphatic hydroxyl groups excluding tert-OH is 1. The Kier molecular flexibility index (Phi) is 8.16. The number of piperidine rings is 1. The first kappa shape index (κ1) is 29.0. The maximum absolute atomic E-state index is 13.3. The van der Waals surface area contributed by atoms with Crippen molar-refractivity contribution in [3.63, 3.8) is 0 Å². The number of amides is 1. The quantitative estimate of drug-likeness (QED) is 0.271. The number of hydrogen-bond acceptors (Lipinski definition) is 10. The molecular formula is C33H43N7O4. The summed E-state index contributed by atoms with van der Waals surface area (Å²) in [6, 6.07) is 7.99. The van der Waals surface area contributed by atoms with Gasteiger partial charge in [-0.1, -0.05) is 12.5 Å². The number of ether oxygens (including phenoxy) is 1. The molecule has 234 valence electrons. The fraction of sp³-hybridized carbons (Fsp3) is 0.576. The number of aliphatic hydroxyl groups is 1. The first-order valence-electron chi connectivity index (χ1n) is 16.2. The number of benzene rings is 1. The van der Waals surface area contributed by atoms with Crippen molar-refractivity contribution in [3.8, 4) is 5.75 Å². The zero-order chi connectivity index (χ0) is 30.1. The average molecular weight is 602 g/mol. The van der Waals surface area contributed by atoms with E-state index in [0.717, 1.165) is 54.3 Å². The van der Waals surface area contributed by atoms with Crippen LogP contribution in [-0.4, -0.2) is 63.8 Å². The molecule has 4 heterocycles. The van der Waals surface area contributed by atoms with E-state index in [1.165, 1.54) is 44.9 Å². The molecule has 3 fully saturated rings. The molecular weight excluding hydrogens is 558 g/mol. The predicted octanol–water partition coefficient (Wildman–Crippen LogP) is 3.89. The van der Waals surface area contributed by atoms with Crippen molar-refractivity contribution in [3.05, 3.63) is 58.9 Å². The smallest absolute Gasteiger partial charge is 0.270 e. The van der Waals surface area contributed by atoms with E-state index in [4.69, 9.17) is 14.1 Å². The van der Waals surface area contributed by atoms with Crippen molar-refractivity contribution < 1.29 is 19.1 Å². The standard InChI is InChI=1S/C33H43N7O4/c1-21-29(44-20-36-21)19-43-25-7-6-22-13-26(34-17-23(22)12-25)28(41)18-35-31(42)27-14-30(37-24-15-33(16-24)8-5-9-33)39-32(38-27)40-10-3-2-4-11-40/h6-7,12,14,20,24,26,28,34,41H,2-5,8-11,13,15-19H2,1H3,(H,35,42)(H,37,38,39)/t26-,28+/m0/s1. The van der Waals surface area contributed by atoms with Crippen molar-refractivity contribution in [2.24, 2.45) is 5.41 Å². The summed E-state index contributed by atoms with van der Waals surface area (Å²) >= 11 is 0. The molecule has 2 aromatic heterocycles. The van der Waals surface area contributed by atoms with Gasteiger partial charge < -0.3 is 35.1 Å². The number of aromatic nitrogens is 3. The normalized spacial score (nSPS) is 21.6. The lowest BCUT2D eigenvalue weighted by atomic mass is 9.54. The average Bonchev–Trinajstić information content (AvgIpc) is 3.43. The number of anilines is 2. The molecule has 1 saturated heterocycles. The zero-order valence-electron chi connectivity index (χ0n) is 25.5. The molecule has 3 aromatic rings. The van der Waals surface area contributed by atoms with E-state index < -0.39 is 6.10 Å². The lowest BCUT2D eigenvalue weighted by Crippen LogP contribution is -2.49. The van der Waals surface area contributed by atoms with Gasteiger partial charge >= 0.3 is 0 Å². The van der Waals surface area contributed by atoms with Crippen molar-refractivity contribution in [1.29, 1.82) is 0 Å². The van der Waals surface area contributed by atoms with Crippen molar-refractivity contribution in [2.45, 2.75) is 96.1 Å². The molecule has 2 atom stereocenters. The topological polar surface area (TPSA) is 138 Å². The van der Waals surface area contributed by atoms with Gasteiger partial charge in [0.15, 0.2) is 12.2 Å². The number of oxazole rings is 1. The Hall–Kier alpha value is -3.70. The van der Waals surface area contributed by atoms with Crippen LogP contribution >= 0.6 is 0 Å². The lowest BCUT2D eigenvalue weighted by Gasteiger charge is -2.54. The van der Waals surface area contributed by atoms with E-state index in [9.17, 15) is 9.90 Å². The minimum atomic E-state index is -0.757. The molecule has 44 heavy (non-hydrogen) atoms. The summed E-state index contributed by atoms with van der Waals surface area (Å²) in [5, 5.41) is 21.0. The maximum Gasteiger partial charge on any atom is 0.270 e. The van der Waals surface area contributed by atoms with Crippen LogP contribution in [-0.2, 0) is 19.6 Å². The molecule has 0 bridgehead atoms. The van der Waals surface area contributed by atoms with Crippen LogP contribution in [0.15, 0.2) is 35.1 Å². The van der Waals surface area contributed by atoms with Crippen LogP contribution in [0.4, 0.5) is 11.8 Å². The van der Waals surface area contributed by atoms with Crippen molar-refractivity contribution in [2.75, 3.05) is 29.9 Å². The van der Waals surface area contributed by atoms with Crippen LogP contribution in [0.25, 0.3) is 0 Å². The largest absolute Gasteiger partial charge is 0.486 e. The molecule has 4 N–H and O–H groups in total. The Morgan fingerprint density at radius 1 is 1.16 bits per heavy atom. The summed E-state index contributed by atoms with van der Waals surface area (Å²) in [6.45, 7) is 4.75. The van der Waals surface area contributed by atoms with Gasteiger partial charge in [0.2, 0.25) is 5.95 Å². The monoisotopic (exact) mass is 601 g/mol.